The van der Waals surface area contributed by atoms with Crippen molar-refractivity contribution in [2.45, 2.75) is 6.18 Å². The molecule has 0 unspecified atom stereocenters. The van der Waals surface area contributed by atoms with Crippen LogP contribution in [-0.4, -0.2) is 6.29 Å². The van der Waals surface area contributed by atoms with Crippen molar-refractivity contribution in [2.24, 2.45) is 0 Å². The Morgan fingerprint density at radius 3 is 2.24 bits per heavy atom. The highest BCUT2D eigenvalue weighted by atomic mass is 35.5. The van der Waals surface area contributed by atoms with Crippen molar-refractivity contribution in [2.75, 3.05) is 0 Å². The lowest BCUT2D eigenvalue weighted by molar-refractivity contribution is -0.137. The molecule has 0 aliphatic heterocycles. The van der Waals surface area contributed by atoms with E-state index in [-0.39, 0.29) is 0 Å². The maximum atomic E-state index is 12.6. The number of aldehydes is 1. The van der Waals surface area contributed by atoms with E-state index in [9.17, 15) is 18.0 Å². The van der Waals surface area contributed by atoms with E-state index in [4.69, 9.17) is 11.6 Å². The third-order valence-corrected chi connectivity index (χ3v) is 2.98. The molecule has 2 aromatic carbocycles. The normalized spacial score (nSPS) is 11.8. The van der Waals surface area contributed by atoms with Crippen LogP contribution >= 0.6 is 11.6 Å². The van der Waals surface area contributed by atoms with E-state index in [1.165, 1.54) is 18.2 Å². The molecular weight excluding hydrogens is 301 g/mol. The molecule has 0 heterocycles. The highest BCUT2D eigenvalue weighted by molar-refractivity contribution is 6.31. The van der Waals surface area contributed by atoms with Gasteiger partial charge in [-0.05, 0) is 41.5 Å². The van der Waals surface area contributed by atoms with Crippen molar-refractivity contribution < 1.29 is 18.0 Å². The van der Waals surface area contributed by atoms with Gasteiger partial charge in [0, 0.05) is 10.6 Å². The summed E-state index contributed by atoms with van der Waals surface area (Å²) in [5.41, 5.74) is 0.759. The fraction of sp³-hybridized carbons (Fsp3) is 0.0625. The summed E-state index contributed by atoms with van der Waals surface area (Å²) in [5.74, 6) is 0. The molecule has 0 saturated heterocycles. The van der Waals surface area contributed by atoms with Crippen molar-refractivity contribution in [1.82, 2.24) is 0 Å². The van der Waals surface area contributed by atoms with Gasteiger partial charge in [0.15, 0.2) is 0 Å². The summed E-state index contributed by atoms with van der Waals surface area (Å²) in [6.45, 7) is 0. The molecule has 5 heteroatoms. The molecule has 0 radical (unpaired) electrons. The van der Waals surface area contributed by atoms with Gasteiger partial charge < -0.3 is 0 Å². The van der Waals surface area contributed by atoms with Gasteiger partial charge in [-0.15, -0.1) is 0 Å². The topological polar surface area (TPSA) is 17.1 Å². The van der Waals surface area contributed by atoms with Crippen LogP contribution in [0.25, 0.3) is 12.2 Å². The van der Waals surface area contributed by atoms with E-state index >= 15 is 0 Å². The Kier molecular flexibility index (Phi) is 4.48. The minimum absolute atomic E-state index is 0.392. The molecule has 2 aromatic rings. The number of halogens is 4. The lowest BCUT2D eigenvalue weighted by Crippen LogP contribution is -2.04. The molecule has 2 rings (SSSR count). The van der Waals surface area contributed by atoms with Crippen molar-refractivity contribution in [3.8, 4) is 0 Å². The van der Waals surface area contributed by atoms with Crippen LogP contribution in [0.4, 0.5) is 13.2 Å². The number of carbonyl (C=O) groups is 1. The zero-order valence-corrected chi connectivity index (χ0v) is 11.4. The molecule has 21 heavy (non-hydrogen) atoms. The second-order valence-corrected chi connectivity index (χ2v) is 4.83. The van der Waals surface area contributed by atoms with E-state index in [1.807, 2.05) is 0 Å². The Labute approximate surface area is 124 Å². The van der Waals surface area contributed by atoms with Crippen LogP contribution in [0.1, 0.15) is 27.0 Å². The summed E-state index contributed by atoms with van der Waals surface area (Å²) in [7, 11) is 0. The molecular formula is C16H10ClF3O. The zero-order chi connectivity index (χ0) is 15.5. The lowest BCUT2D eigenvalue weighted by atomic mass is 10.1. The van der Waals surface area contributed by atoms with E-state index in [1.54, 1.807) is 24.3 Å². The molecule has 0 aliphatic rings. The minimum atomic E-state index is -4.37. The monoisotopic (exact) mass is 310 g/mol. The first-order valence-corrected chi connectivity index (χ1v) is 6.37. The highest BCUT2D eigenvalue weighted by Gasteiger charge is 2.30. The fourth-order valence-corrected chi connectivity index (χ4v) is 2.06. The van der Waals surface area contributed by atoms with Crippen molar-refractivity contribution in [3.05, 3.63) is 69.7 Å². The number of benzene rings is 2. The average molecular weight is 311 g/mol. The van der Waals surface area contributed by atoms with Crippen LogP contribution in [0.5, 0.6) is 0 Å². The second kappa shape index (κ2) is 6.14. The standard InChI is InChI=1S/C16H10ClF3O/c17-15-8-12(6-13(9-15)10-21)5-4-11-2-1-3-14(7-11)16(18,19)20/h1-10H. The van der Waals surface area contributed by atoms with Gasteiger partial charge in [-0.2, -0.15) is 13.2 Å². The van der Waals surface area contributed by atoms with Gasteiger partial charge in [0.25, 0.3) is 0 Å². The van der Waals surface area contributed by atoms with Gasteiger partial charge in [-0.25, -0.2) is 0 Å². The molecule has 0 bridgehead atoms. The van der Waals surface area contributed by atoms with Gasteiger partial charge in [0.2, 0.25) is 0 Å². The van der Waals surface area contributed by atoms with Crippen LogP contribution in [0.2, 0.25) is 5.02 Å². The first-order chi connectivity index (χ1) is 9.88. The molecule has 0 aromatic heterocycles. The second-order valence-electron chi connectivity index (χ2n) is 4.39. The van der Waals surface area contributed by atoms with Crippen molar-refractivity contribution in [1.29, 1.82) is 0 Å². The van der Waals surface area contributed by atoms with E-state index < -0.39 is 11.7 Å². The van der Waals surface area contributed by atoms with Crippen LogP contribution in [-0.2, 0) is 6.18 Å². The zero-order valence-electron chi connectivity index (χ0n) is 10.7. The summed E-state index contributed by atoms with van der Waals surface area (Å²) in [5, 5.41) is 0.392. The minimum Gasteiger partial charge on any atom is -0.298 e. The number of hydrogen-bond donors (Lipinski definition) is 0. The predicted octanol–water partition coefficient (Wildman–Crippen LogP) is 5.34. The molecule has 0 amide bonds. The smallest absolute Gasteiger partial charge is 0.298 e. The van der Waals surface area contributed by atoms with Gasteiger partial charge in [-0.1, -0.05) is 35.9 Å². The number of alkyl halides is 3. The molecule has 108 valence electrons. The molecule has 1 nitrogen and oxygen atoms in total. The summed E-state index contributed by atoms with van der Waals surface area (Å²) < 4.78 is 37.8. The Balaban J connectivity index is 2.29. The average Bonchev–Trinajstić information content (AvgIpc) is 2.44. The molecule has 0 fully saturated rings. The van der Waals surface area contributed by atoms with Gasteiger partial charge in [-0.3, -0.25) is 4.79 Å². The first kappa shape index (κ1) is 15.3. The Hall–Kier alpha value is -2.07. The van der Waals surface area contributed by atoms with E-state index in [0.29, 0.717) is 28.0 Å². The molecule has 0 atom stereocenters. The predicted molar refractivity (Wildman–Crippen MR) is 77.2 cm³/mol. The summed E-state index contributed by atoms with van der Waals surface area (Å²) in [4.78, 5) is 10.7. The third kappa shape index (κ3) is 4.20. The van der Waals surface area contributed by atoms with Crippen LogP contribution in [0.15, 0.2) is 42.5 Å². The Bertz CT molecular complexity index is 690. The van der Waals surface area contributed by atoms with Crippen LogP contribution in [0, 0.1) is 0 Å². The summed E-state index contributed by atoms with van der Waals surface area (Å²) in [6, 6.07) is 9.72. The quantitative estimate of drug-likeness (QED) is 0.552. The molecule has 0 aliphatic carbocycles. The molecule has 0 spiro atoms. The van der Waals surface area contributed by atoms with Crippen molar-refractivity contribution in [3.63, 3.8) is 0 Å². The Morgan fingerprint density at radius 1 is 0.905 bits per heavy atom. The number of rotatable bonds is 3. The largest absolute Gasteiger partial charge is 0.416 e. The maximum Gasteiger partial charge on any atom is 0.416 e. The molecule has 0 N–H and O–H groups in total. The number of hydrogen-bond acceptors (Lipinski definition) is 1. The number of carbonyl (C=O) groups excluding carboxylic acids is 1. The van der Waals surface area contributed by atoms with Gasteiger partial charge >= 0.3 is 6.18 Å². The van der Waals surface area contributed by atoms with E-state index in [2.05, 4.69) is 0 Å². The van der Waals surface area contributed by atoms with Gasteiger partial charge in [0.1, 0.15) is 6.29 Å². The Morgan fingerprint density at radius 2 is 1.57 bits per heavy atom. The third-order valence-electron chi connectivity index (χ3n) is 2.76. The lowest BCUT2D eigenvalue weighted by Gasteiger charge is -2.06. The van der Waals surface area contributed by atoms with Gasteiger partial charge in [0.05, 0.1) is 5.56 Å². The van der Waals surface area contributed by atoms with Crippen LogP contribution < -0.4 is 0 Å². The maximum absolute atomic E-state index is 12.6. The summed E-state index contributed by atoms with van der Waals surface area (Å²) >= 11 is 5.85. The molecule has 0 saturated carbocycles. The summed E-state index contributed by atoms with van der Waals surface area (Å²) in [6.07, 6.45) is -0.568. The first-order valence-electron chi connectivity index (χ1n) is 5.99. The highest BCUT2D eigenvalue weighted by Crippen LogP contribution is 2.30. The van der Waals surface area contributed by atoms with E-state index in [0.717, 1.165) is 12.1 Å². The van der Waals surface area contributed by atoms with Crippen molar-refractivity contribution >= 4 is 30.0 Å². The SMILES string of the molecule is O=Cc1cc(Cl)cc(C=Cc2cccc(C(F)(F)F)c2)c1. The van der Waals surface area contributed by atoms with Crippen LogP contribution in [0.3, 0.4) is 0 Å². The fourth-order valence-electron chi connectivity index (χ4n) is 1.81.